The van der Waals surface area contributed by atoms with Crippen LogP contribution in [0.3, 0.4) is 0 Å². The molecule has 1 heterocycles. The van der Waals surface area contributed by atoms with E-state index in [1.165, 1.54) is 19.3 Å². The molecule has 168 valence electrons. The lowest BCUT2D eigenvalue weighted by Crippen LogP contribution is -2.38. The molecule has 1 saturated heterocycles. The second-order valence-corrected chi connectivity index (χ2v) is 8.04. The van der Waals surface area contributed by atoms with Crippen LogP contribution in [-0.4, -0.2) is 56.2 Å². The summed E-state index contributed by atoms with van der Waals surface area (Å²) in [4.78, 5) is 19.2. The predicted octanol–water partition coefficient (Wildman–Crippen LogP) is 3.80. The number of halogens is 1. The van der Waals surface area contributed by atoms with Crippen LogP contribution in [0.4, 0.5) is 0 Å². The number of aliphatic imine (C=N–C) groups is 1. The third kappa shape index (κ3) is 8.79. The minimum atomic E-state index is 0. The lowest BCUT2D eigenvalue weighted by molar-refractivity contribution is 0.0724. The molecule has 2 aliphatic rings. The van der Waals surface area contributed by atoms with E-state index in [9.17, 15) is 4.79 Å². The first-order valence-electron chi connectivity index (χ1n) is 11.2. The Balaban J connectivity index is 0.00000320. The zero-order valence-corrected chi connectivity index (χ0v) is 20.5. The third-order valence-corrected chi connectivity index (χ3v) is 5.42. The lowest BCUT2D eigenvalue weighted by atomic mass is 10.1. The van der Waals surface area contributed by atoms with Crippen molar-refractivity contribution in [3.8, 4) is 0 Å². The van der Waals surface area contributed by atoms with Crippen molar-refractivity contribution < 1.29 is 9.53 Å². The second-order valence-electron chi connectivity index (χ2n) is 8.04. The molecule has 1 aliphatic heterocycles. The Hall–Kier alpha value is -1.35. The minimum Gasteiger partial charge on any atom is -0.381 e. The van der Waals surface area contributed by atoms with Gasteiger partial charge in [0.15, 0.2) is 5.96 Å². The molecule has 1 aliphatic carbocycles. The van der Waals surface area contributed by atoms with Crippen LogP contribution in [0.1, 0.15) is 61.4 Å². The Labute approximate surface area is 198 Å². The molecule has 1 amide bonds. The molecule has 2 fully saturated rings. The van der Waals surface area contributed by atoms with E-state index in [2.05, 4.69) is 22.5 Å². The van der Waals surface area contributed by atoms with Crippen LogP contribution in [0.5, 0.6) is 0 Å². The summed E-state index contributed by atoms with van der Waals surface area (Å²) in [5, 5.41) is 6.65. The molecular weight excluding hydrogens is 491 g/mol. The minimum absolute atomic E-state index is 0. The van der Waals surface area contributed by atoms with Gasteiger partial charge in [0, 0.05) is 45.0 Å². The number of rotatable bonds is 10. The van der Waals surface area contributed by atoms with Crippen molar-refractivity contribution in [2.45, 2.75) is 52.0 Å². The molecule has 1 aromatic carbocycles. The Morgan fingerprint density at radius 1 is 1.13 bits per heavy atom. The first-order chi connectivity index (χ1) is 14.3. The van der Waals surface area contributed by atoms with Gasteiger partial charge in [-0.3, -0.25) is 4.79 Å². The molecule has 7 heteroatoms. The third-order valence-electron chi connectivity index (χ3n) is 5.42. The van der Waals surface area contributed by atoms with Crippen LogP contribution >= 0.6 is 24.0 Å². The highest BCUT2D eigenvalue weighted by atomic mass is 127. The largest absolute Gasteiger partial charge is 0.381 e. The number of nitrogens with one attached hydrogen (secondary N) is 2. The summed E-state index contributed by atoms with van der Waals surface area (Å²) in [5.74, 6) is 1.80. The van der Waals surface area contributed by atoms with Gasteiger partial charge in [0.25, 0.3) is 5.91 Å². The van der Waals surface area contributed by atoms with Gasteiger partial charge in [0.2, 0.25) is 0 Å². The van der Waals surface area contributed by atoms with Crippen molar-refractivity contribution in [3.63, 3.8) is 0 Å². The zero-order valence-electron chi connectivity index (χ0n) is 18.2. The number of likely N-dealkylation sites (tertiary alicyclic amines) is 1. The van der Waals surface area contributed by atoms with Gasteiger partial charge in [-0.15, -0.1) is 24.0 Å². The van der Waals surface area contributed by atoms with E-state index in [0.29, 0.717) is 6.54 Å². The van der Waals surface area contributed by atoms with E-state index in [1.807, 2.05) is 29.2 Å². The molecule has 2 N–H and O–H groups in total. The van der Waals surface area contributed by atoms with Crippen LogP contribution in [0, 0.1) is 5.92 Å². The number of ether oxygens (including phenoxy) is 1. The normalized spacial score (nSPS) is 16.7. The molecule has 1 saturated carbocycles. The maximum absolute atomic E-state index is 12.6. The lowest BCUT2D eigenvalue weighted by Gasteiger charge is -2.26. The molecule has 0 spiro atoms. The van der Waals surface area contributed by atoms with E-state index in [4.69, 9.17) is 4.74 Å². The molecular formula is C23H37IN4O2. The monoisotopic (exact) mass is 528 g/mol. The zero-order chi connectivity index (χ0) is 20.3. The standard InChI is InChI=1S/C23H36N4O2.HI/c1-2-24-23(25-13-6-16-29-18-20-7-8-20)26-17-19-9-11-21(12-10-19)22(28)27-14-4-3-5-15-27;/h9-12,20H,2-8,13-18H2,1H3,(H2,24,25,26);1H. The average molecular weight is 528 g/mol. The van der Waals surface area contributed by atoms with E-state index >= 15 is 0 Å². The molecule has 30 heavy (non-hydrogen) atoms. The summed E-state index contributed by atoms with van der Waals surface area (Å²) in [6.07, 6.45) is 7.11. The highest BCUT2D eigenvalue weighted by molar-refractivity contribution is 14.0. The van der Waals surface area contributed by atoms with E-state index in [0.717, 1.165) is 81.7 Å². The van der Waals surface area contributed by atoms with Gasteiger partial charge < -0.3 is 20.3 Å². The molecule has 0 atom stereocenters. The van der Waals surface area contributed by atoms with Crippen LogP contribution < -0.4 is 10.6 Å². The van der Waals surface area contributed by atoms with Crippen molar-refractivity contribution in [1.82, 2.24) is 15.5 Å². The predicted molar refractivity (Wildman–Crippen MR) is 133 cm³/mol. The van der Waals surface area contributed by atoms with Crippen molar-refractivity contribution in [3.05, 3.63) is 35.4 Å². The summed E-state index contributed by atoms with van der Waals surface area (Å²) in [6.45, 7) is 7.82. The Morgan fingerprint density at radius 3 is 2.53 bits per heavy atom. The number of piperidine rings is 1. The van der Waals surface area contributed by atoms with Gasteiger partial charge in [-0.05, 0) is 69.1 Å². The Kier molecular flexibility index (Phi) is 11.5. The van der Waals surface area contributed by atoms with Crippen LogP contribution in [0.25, 0.3) is 0 Å². The van der Waals surface area contributed by atoms with Gasteiger partial charge in [-0.25, -0.2) is 4.99 Å². The fraction of sp³-hybridized carbons (Fsp3) is 0.652. The summed E-state index contributed by atoms with van der Waals surface area (Å²) >= 11 is 0. The number of nitrogens with zero attached hydrogens (tertiary/aromatic N) is 2. The first-order valence-corrected chi connectivity index (χ1v) is 11.2. The summed E-state index contributed by atoms with van der Waals surface area (Å²) in [7, 11) is 0. The highest BCUT2D eigenvalue weighted by Gasteiger charge is 2.20. The van der Waals surface area contributed by atoms with Crippen LogP contribution in [0.2, 0.25) is 0 Å². The maximum atomic E-state index is 12.6. The van der Waals surface area contributed by atoms with Crippen molar-refractivity contribution in [2.24, 2.45) is 10.9 Å². The Morgan fingerprint density at radius 2 is 1.87 bits per heavy atom. The summed E-state index contributed by atoms with van der Waals surface area (Å²) < 4.78 is 5.67. The fourth-order valence-electron chi connectivity index (χ4n) is 3.46. The molecule has 3 rings (SSSR count). The van der Waals surface area contributed by atoms with Crippen molar-refractivity contribution >= 4 is 35.8 Å². The quantitative estimate of drug-likeness (QED) is 0.210. The summed E-state index contributed by atoms with van der Waals surface area (Å²) in [6, 6.07) is 7.88. The van der Waals surface area contributed by atoms with Gasteiger partial charge in [-0.1, -0.05) is 12.1 Å². The van der Waals surface area contributed by atoms with Gasteiger partial charge >= 0.3 is 0 Å². The second kappa shape index (κ2) is 13.9. The number of guanidine groups is 1. The van der Waals surface area contributed by atoms with Gasteiger partial charge in [0.1, 0.15) is 0 Å². The smallest absolute Gasteiger partial charge is 0.253 e. The number of hydrogen-bond donors (Lipinski definition) is 2. The SMILES string of the molecule is CCNC(=NCc1ccc(C(=O)N2CCCCC2)cc1)NCCCOCC1CC1.I. The molecule has 0 radical (unpaired) electrons. The maximum Gasteiger partial charge on any atom is 0.253 e. The number of carbonyl (C=O) groups excluding carboxylic acids is 1. The molecule has 0 bridgehead atoms. The van der Waals surface area contributed by atoms with Crippen LogP contribution in [-0.2, 0) is 11.3 Å². The van der Waals surface area contributed by atoms with Crippen LogP contribution in [0.15, 0.2) is 29.3 Å². The van der Waals surface area contributed by atoms with Crippen molar-refractivity contribution in [1.29, 1.82) is 0 Å². The summed E-state index contributed by atoms with van der Waals surface area (Å²) in [5.41, 5.74) is 1.88. The number of carbonyl (C=O) groups is 1. The van der Waals surface area contributed by atoms with E-state index in [-0.39, 0.29) is 29.9 Å². The fourth-order valence-corrected chi connectivity index (χ4v) is 3.46. The number of amides is 1. The molecule has 6 nitrogen and oxygen atoms in total. The van der Waals surface area contributed by atoms with E-state index < -0.39 is 0 Å². The highest BCUT2D eigenvalue weighted by Crippen LogP contribution is 2.28. The molecule has 0 unspecified atom stereocenters. The molecule has 1 aromatic rings. The van der Waals surface area contributed by atoms with Crippen molar-refractivity contribution in [2.75, 3.05) is 39.4 Å². The first kappa shape index (κ1) is 24.9. The number of benzene rings is 1. The van der Waals surface area contributed by atoms with Gasteiger partial charge in [0.05, 0.1) is 6.54 Å². The Bertz CT molecular complexity index is 656. The molecule has 0 aromatic heterocycles. The van der Waals surface area contributed by atoms with E-state index in [1.54, 1.807) is 0 Å². The van der Waals surface area contributed by atoms with Gasteiger partial charge in [-0.2, -0.15) is 0 Å². The number of hydrogen-bond acceptors (Lipinski definition) is 3. The topological polar surface area (TPSA) is 66.0 Å². The average Bonchev–Trinajstić information content (AvgIpc) is 3.59.